The van der Waals surface area contributed by atoms with E-state index in [2.05, 4.69) is 10.3 Å². The molecule has 5 nitrogen and oxygen atoms in total. The van der Waals surface area contributed by atoms with E-state index in [0.717, 1.165) is 16.7 Å². The fourth-order valence-electron chi connectivity index (χ4n) is 1.76. The minimum atomic E-state index is -0.657. The van der Waals surface area contributed by atoms with Crippen molar-refractivity contribution in [2.45, 2.75) is 26.4 Å². The van der Waals surface area contributed by atoms with Gasteiger partial charge in [0.2, 0.25) is 0 Å². The summed E-state index contributed by atoms with van der Waals surface area (Å²) in [5.41, 5.74) is 0.389. The second kappa shape index (κ2) is 6.43. The highest BCUT2D eigenvalue weighted by Crippen LogP contribution is 2.14. The van der Waals surface area contributed by atoms with Crippen molar-refractivity contribution in [2.24, 2.45) is 0 Å². The van der Waals surface area contributed by atoms with Crippen molar-refractivity contribution in [1.82, 2.24) is 4.98 Å². The van der Waals surface area contributed by atoms with Crippen LogP contribution in [-0.4, -0.2) is 29.9 Å². The molecule has 1 aromatic heterocycles. The number of pyridine rings is 1. The number of hydrogen-bond donors (Lipinski definition) is 1. The third-order valence-electron chi connectivity index (χ3n) is 2.62. The first-order valence-electron chi connectivity index (χ1n) is 6.89. The zero-order chi connectivity index (χ0) is 15.3. The second-order valence-electron chi connectivity index (χ2n) is 5.63. The Kier molecular flexibility index (Phi) is 4.62. The minimum absolute atomic E-state index is 0.226. The largest absolute Gasteiger partial charge is 0.508 e. The Balaban J connectivity index is 1.79. The molecule has 0 saturated heterocycles. The van der Waals surface area contributed by atoms with Crippen LogP contribution in [0.5, 0.6) is 0 Å². The summed E-state index contributed by atoms with van der Waals surface area (Å²) in [4.78, 5) is 15.8. The molecule has 0 saturated carbocycles. The molecule has 0 aliphatic heterocycles. The van der Waals surface area contributed by atoms with E-state index in [1.807, 2.05) is 36.4 Å². The number of benzene rings is 1. The number of carbonyl (C=O) groups is 1. The molecule has 0 radical (unpaired) electrons. The highest BCUT2D eigenvalue weighted by atomic mass is 16.7. The molecule has 1 N–H and O–H groups in total. The van der Waals surface area contributed by atoms with Crippen LogP contribution >= 0.6 is 0 Å². The zero-order valence-electron chi connectivity index (χ0n) is 12.6. The van der Waals surface area contributed by atoms with Crippen molar-refractivity contribution < 1.29 is 14.3 Å². The van der Waals surface area contributed by atoms with Gasteiger partial charge in [-0.3, -0.25) is 0 Å². The van der Waals surface area contributed by atoms with Crippen LogP contribution < -0.4 is 5.32 Å². The van der Waals surface area contributed by atoms with Crippen molar-refractivity contribution >= 4 is 22.9 Å². The minimum Gasteiger partial charge on any atom is -0.432 e. The Bertz CT molecular complexity index is 620. The van der Waals surface area contributed by atoms with Crippen LogP contribution in [0, 0.1) is 0 Å². The van der Waals surface area contributed by atoms with E-state index in [0.29, 0.717) is 6.54 Å². The Morgan fingerprint density at radius 1 is 1.19 bits per heavy atom. The molecule has 0 fully saturated rings. The van der Waals surface area contributed by atoms with Crippen LogP contribution in [0.3, 0.4) is 0 Å². The predicted molar refractivity (Wildman–Crippen MR) is 82.4 cm³/mol. The Morgan fingerprint density at radius 3 is 2.71 bits per heavy atom. The molecular formula is C16H20N2O3. The molecule has 0 amide bonds. The standard InChI is InChI=1S/C16H20N2O3/c1-16(2,3)21-15(19)20-11-10-17-14-9-8-12-6-4-5-7-13(12)18-14/h4-9H,10-11H2,1-3H3,(H,17,18). The summed E-state index contributed by atoms with van der Waals surface area (Å²) in [6, 6.07) is 11.8. The second-order valence-corrected chi connectivity index (χ2v) is 5.63. The van der Waals surface area contributed by atoms with Crippen molar-refractivity contribution in [3.05, 3.63) is 36.4 Å². The number of carbonyl (C=O) groups excluding carboxylic acids is 1. The van der Waals surface area contributed by atoms with Gasteiger partial charge in [-0.1, -0.05) is 18.2 Å². The molecule has 1 heterocycles. The molecule has 1 aromatic carbocycles. The molecule has 0 aliphatic carbocycles. The highest BCUT2D eigenvalue weighted by Gasteiger charge is 2.16. The van der Waals surface area contributed by atoms with E-state index in [1.165, 1.54) is 0 Å². The van der Waals surface area contributed by atoms with E-state index in [1.54, 1.807) is 20.8 Å². The number of fused-ring (bicyclic) bond motifs is 1. The number of para-hydroxylation sites is 1. The quantitative estimate of drug-likeness (QED) is 0.688. The van der Waals surface area contributed by atoms with Crippen molar-refractivity contribution in [1.29, 1.82) is 0 Å². The molecule has 0 atom stereocenters. The smallest absolute Gasteiger partial charge is 0.432 e. The maximum absolute atomic E-state index is 11.4. The van der Waals surface area contributed by atoms with E-state index in [4.69, 9.17) is 9.47 Å². The Labute approximate surface area is 124 Å². The average Bonchev–Trinajstić information content (AvgIpc) is 2.41. The van der Waals surface area contributed by atoms with Crippen LogP contribution in [0.1, 0.15) is 20.8 Å². The average molecular weight is 288 g/mol. The SMILES string of the molecule is CC(C)(C)OC(=O)OCCNc1ccc2ccccc2n1. The maximum atomic E-state index is 11.4. The fourth-order valence-corrected chi connectivity index (χ4v) is 1.76. The van der Waals surface area contributed by atoms with Crippen LogP contribution in [-0.2, 0) is 9.47 Å². The van der Waals surface area contributed by atoms with Gasteiger partial charge in [-0.25, -0.2) is 9.78 Å². The summed E-state index contributed by atoms with van der Waals surface area (Å²) >= 11 is 0. The summed E-state index contributed by atoms with van der Waals surface area (Å²) < 4.78 is 10.0. The Hall–Kier alpha value is -2.30. The fraction of sp³-hybridized carbons (Fsp3) is 0.375. The molecule has 5 heteroatoms. The first-order chi connectivity index (χ1) is 9.94. The Morgan fingerprint density at radius 2 is 1.95 bits per heavy atom. The number of rotatable bonds is 4. The molecule has 2 aromatic rings. The van der Waals surface area contributed by atoms with Gasteiger partial charge in [0.05, 0.1) is 12.1 Å². The van der Waals surface area contributed by atoms with Crippen LogP contribution in [0.4, 0.5) is 10.6 Å². The molecule has 0 spiro atoms. The third-order valence-corrected chi connectivity index (χ3v) is 2.62. The van der Waals surface area contributed by atoms with Gasteiger partial charge in [0.1, 0.15) is 18.0 Å². The summed E-state index contributed by atoms with van der Waals surface area (Å²) in [7, 11) is 0. The van der Waals surface area contributed by atoms with Gasteiger partial charge in [0.25, 0.3) is 0 Å². The van der Waals surface area contributed by atoms with E-state index in [-0.39, 0.29) is 6.61 Å². The molecule has 0 unspecified atom stereocenters. The van der Waals surface area contributed by atoms with E-state index < -0.39 is 11.8 Å². The van der Waals surface area contributed by atoms with Gasteiger partial charge in [0.15, 0.2) is 0 Å². The molecule has 112 valence electrons. The number of nitrogens with one attached hydrogen (secondary N) is 1. The maximum Gasteiger partial charge on any atom is 0.508 e. The van der Waals surface area contributed by atoms with Gasteiger partial charge in [0, 0.05) is 5.39 Å². The highest BCUT2D eigenvalue weighted by molar-refractivity contribution is 5.80. The number of nitrogens with zero attached hydrogens (tertiary/aromatic N) is 1. The van der Waals surface area contributed by atoms with Crippen molar-refractivity contribution in [2.75, 3.05) is 18.5 Å². The molecular weight excluding hydrogens is 268 g/mol. The summed E-state index contributed by atoms with van der Waals surface area (Å²) in [6.45, 7) is 6.09. The first-order valence-corrected chi connectivity index (χ1v) is 6.89. The lowest BCUT2D eigenvalue weighted by molar-refractivity contribution is -0.00545. The summed E-state index contributed by atoms with van der Waals surface area (Å²) in [5, 5.41) is 4.20. The van der Waals surface area contributed by atoms with Gasteiger partial charge in [-0.05, 0) is 39.0 Å². The van der Waals surface area contributed by atoms with Gasteiger partial charge in [-0.2, -0.15) is 0 Å². The van der Waals surface area contributed by atoms with E-state index in [9.17, 15) is 4.79 Å². The molecule has 0 aliphatic rings. The number of hydrogen-bond acceptors (Lipinski definition) is 5. The number of aromatic nitrogens is 1. The van der Waals surface area contributed by atoms with E-state index >= 15 is 0 Å². The molecule has 0 bridgehead atoms. The van der Waals surface area contributed by atoms with Gasteiger partial charge in [-0.15, -0.1) is 0 Å². The van der Waals surface area contributed by atoms with Crippen molar-refractivity contribution in [3.8, 4) is 0 Å². The number of anilines is 1. The lowest BCUT2D eigenvalue weighted by atomic mass is 10.2. The third kappa shape index (κ3) is 4.95. The predicted octanol–water partition coefficient (Wildman–Crippen LogP) is 3.60. The normalized spacial score (nSPS) is 11.2. The number of ether oxygens (including phenoxy) is 2. The monoisotopic (exact) mass is 288 g/mol. The zero-order valence-corrected chi connectivity index (χ0v) is 12.6. The van der Waals surface area contributed by atoms with Gasteiger partial charge >= 0.3 is 6.16 Å². The lowest BCUT2D eigenvalue weighted by Crippen LogP contribution is -2.25. The van der Waals surface area contributed by atoms with Crippen LogP contribution in [0.2, 0.25) is 0 Å². The first kappa shape index (κ1) is 15.1. The molecule has 21 heavy (non-hydrogen) atoms. The van der Waals surface area contributed by atoms with Crippen LogP contribution in [0.15, 0.2) is 36.4 Å². The summed E-state index contributed by atoms with van der Waals surface area (Å²) in [6.07, 6.45) is -0.657. The lowest BCUT2D eigenvalue weighted by Gasteiger charge is -2.18. The molecule has 2 rings (SSSR count). The van der Waals surface area contributed by atoms with Crippen LogP contribution in [0.25, 0.3) is 10.9 Å². The summed E-state index contributed by atoms with van der Waals surface area (Å²) in [5.74, 6) is 0.751. The van der Waals surface area contributed by atoms with Crippen molar-refractivity contribution in [3.63, 3.8) is 0 Å². The topological polar surface area (TPSA) is 60.5 Å². The van der Waals surface area contributed by atoms with Gasteiger partial charge < -0.3 is 14.8 Å².